The van der Waals surface area contributed by atoms with E-state index in [0.717, 1.165) is 28.8 Å². The summed E-state index contributed by atoms with van der Waals surface area (Å²) >= 11 is 1.72. The third-order valence-corrected chi connectivity index (χ3v) is 4.30. The quantitative estimate of drug-likeness (QED) is 0.888. The third-order valence-electron chi connectivity index (χ3n) is 3.33. The molecule has 2 aromatic heterocycles. The number of hydrogen-bond donors (Lipinski definition) is 2. The molecule has 3 heterocycles. The summed E-state index contributed by atoms with van der Waals surface area (Å²) in [5, 5.41) is 3.81. The van der Waals surface area contributed by atoms with Crippen LogP contribution in [0.1, 0.15) is 28.7 Å². The Morgan fingerprint density at radius 1 is 1.52 bits per heavy atom. The second kappa shape index (κ2) is 5.77. The fourth-order valence-electron chi connectivity index (χ4n) is 2.24. The second-order valence-electron chi connectivity index (χ2n) is 4.85. The zero-order chi connectivity index (χ0) is 14.8. The van der Waals surface area contributed by atoms with Gasteiger partial charge in [0, 0.05) is 35.8 Å². The highest BCUT2D eigenvalue weighted by Crippen LogP contribution is 2.24. The lowest BCUT2D eigenvalue weighted by Gasteiger charge is -2.05. The van der Waals surface area contributed by atoms with Gasteiger partial charge in [0.25, 0.3) is 5.91 Å². The standard InChI is InChI=1S/C14H16N4O2S/c1-2-10-5-9(6-12(19)16-10)13(20)15-7-11-8-18-3-4-21-14(18)17-11/h5-6,8H,2-4,7H2,1H3,(H,15,20)(H,16,19). The molecule has 7 heteroatoms. The maximum absolute atomic E-state index is 12.1. The number of carbonyl (C=O) groups is 1. The summed E-state index contributed by atoms with van der Waals surface area (Å²) < 4.78 is 2.09. The molecule has 0 bridgehead atoms. The van der Waals surface area contributed by atoms with E-state index >= 15 is 0 Å². The molecule has 0 atom stereocenters. The van der Waals surface area contributed by atoms with E-state index in [9.17, 15) is 9.59 Å². The van der Waals surface area contributed by atoms with E-state index in [1.165, 1.54) is 6.07 Å². The van der Waals surface area contributed by atoms with E-state index in [1.54, 1.807) is 17.8 Å². The number of pyridine rings is 1. The fraction of sp³-hybridized carbons (Fsp3) is 0.357. The first-order chi connectivity index (χ1) is 10.2. The van der Waals surface area contributed by atoms with Gasteiger partial charge in [-0.1, -0.05) is 18.7 Å². The third kappa shape index (κ3) is 3.02. The van der Waals surface area contributed by atoms with Crippen molar-refractivity contribution < 1.29 is 4.79 Å². The Kier molecular flexibility index (Phi) is 3.83. The van der Waals surface area contributed by atoms with Gasteiger partial charge in [-0.3, -0.25) is 9.59 Å². The number of imidazole rings is 1. The van der Waals surface area contributed by atoms with Crippen LogP contribution in [0.4, 0.5) is 0 Å². The van der Waals surface area contributed by atoms with Crippen molar-refractivity contribution in [1.82, 2.24) is 19.9 Å². The Morgan fingerprint density at radius 3 is 3.14 bits per heavy atom. The molecular weight excluding hydrogens is 288 g/mol. The van der Waals surface area contributed by atoms with Crippen molar-refractivity contribution in [2.45, 2.75) is 31.6 Å². The normalized spacial score (nSPS) is 13.2. The highest BCUT2D eigenvalue weighted by molar-refractivity contribution is 7.99. The molecule has 2 N–H and O–H groups in total. The monoisotopic (exact) mass is 304 g/mol. The minimum absolute atomic E-state index is 0.253. The number of rotatable bonds is 4. The van der Waals surface area contributed by atoms with Crippen LogP contribution in [0.25, 0.3) is 0 Å². The molecule has 0 aliphatic carbocycles. The molecule has 21 heavy (non-hydrogen) atoms. The van der Waals surface area contributed by atoms with Gasteiger partial charge < -0.3 is 14.9 Å². The fourth-order valence-corrected chi connectivity index (χ4v) is 3.20. The number of aromatic amines is 1. The van der Waals surface area contributed by atoms with Gasteiger partial charge >= 0.3 is 0 Å². The lowest BCUT2D eigenvalue weighted by Crippen LogP contribution is -2.25. The van der Waals surface area contributed by atoms with Crippen LogP contribution in [0.3, 0.4) is 0 Å². The molecule has 0 radical (unpaired) electrons. The van der Waals surface area contributed by atoms with Crippen LogP contribution < -0.4 is 10.9 Å². The van der Waals surface area contributed by atoms with Crippen LogP contribution in [0, 0.1) is 0 Å². The molecule has 0 spiro atoms. The number of amides is 1. The average Bonchev–Trinajstić information content (AvgIpc) is 3.05. The smallest absolute Gasteiger partial charge is 0.251 e. The number of H-pyrrole nitrogens is 1. The highest BCUT2D eigenvalue weighted by Gasteiger charge is 2.15. The van der Waals surface area contributed by atoms with Crippen molar-refractivity contribution >= 4 is 17.7 Å². The molecule has 3 rings (SSSR count). The molecule has 1 aliphatic heterocycles. The molecule has 0 saturated heterocycles. The number of aromatic nitrogens is 3. The van der Waals surface area contributed by atoms with E-state index < -0.39 is 0 Å². The van der Waals surface area contributed by atoms with Crippen molar-refractivity contribution in [3.05, 3.63) is 45.6 Å². The van der Waals surface area contributed by atoms with Crippen molar-refractivity contribution in [2.24, 2.45) is 0 Å². The van der Waals surface area contributed by atoms with Crippen LogP contribution in [0.15, 0.2) is 28.3 Å². The van der Waals surface area contributed by atoms with Crippen LogP contribution in [0.2, 0.25) is 0 Å². The first-order valence-corrected chi connectivity index (χ1v) is 7.84. The number of aryl methyl sites for hydroxylation is 2. The predicted octanol–water partition coefficient (Wildman–Crippen LogP) is 1.17. The number of nitrogens with one attached hydrogen (secondary N) is 2. The predicted molar refractivity (Wildman–Crippen MR) is 80.6 cm³/mol. The van der Waals surface area contributed by atoms with Crippen molar-refractivity contribution in [1.29, 1.82) is 0 Å². The molecule has 0 fully saturated rings. The summed E-state index contributed by atoms with van der Waals surface area (Å²) in [6.45, 7) is 3.26. The van der Waals surface area contributed by atoms with Crippen molar-refractivity contribution in [2.75, 3.05) is 5.75 Å². The van der Waals surface area contributed by atoms with E-state index in [-0.39, 0.29) is 11.5 Å². The summed E-state index contributed by atoms with van der Waals surface area (Å²) in [4.78, 5) is 30.7. The van der Waals surface area contributed by atoms with Gasteiger partial charge in [0.2, 0.25) is 5.56 Å². The van der Waals surface area contributed by atoms with Gasteiger partial charge in [0.05, 0.1) is 12.2 Å². The topological polar surface area (TPSA) is 79.8 Å². The number of fused-ring (bicyclic) bond motifs is 1. The van der Waals surface area contributed by atoms with Crippen LogP contribution in [0.5, 0.6) is 0 Å². The first-order valence-electron chi connectivity index (χ1n) is 6.86. The molecule has 1 aliphatic rings. The molecule has 0 saturated carbocycles. The molecule has 110 valence electrons. The van der Waals surface area contributed by atoms with E-state index in [0.29, 0.717) is 18.5 Å². The molecule has 0 unspecified atom stereocenters. The summed E-state index contributed by atoms with van der Waals surface area (Å²) in [5.41, 5.74) is 1.73. The molecular formula is C14H16N4O2S. The van der Waals surface area contributed by atoms with Crippen molar-refractivity contribution in [3.63, 3.8) is 0 Å². The van der Waals surface area contributed by atoms with Gasteiger partial charge in [-0.25, -0.2) is 4.98 Å². The maximum atomic E-state index is 12.1. The molecule has 1 amide bonds. The van der Waals surface area contributed by atoms with Crippen LogP contribution >= 0.6 is 11.8 Å². The minimum atomic E-state index is -0.253. The minimum Gasteiger partial charge on any atom is -0.346 e. The molecule has 6 nitrogen and oxygen atoms in total. The average molecular weight is 304 g/mol. The van der Waals surface area contributed by atoms with Gasteiger partial charge in [-0.2, -0.15) is 0 Å². The Morgan fingerprint density at radius 2 is 2.38 bits per heavy atom. The summed E-state index contributed by atoms with van der Waals surface area (Å²) in [5.74, 6) is 0.804. The Labute approximate surface area is 126 Å². The van der Waals surface area contributed by atoms with Gasteiger partial charge in [0.1, 0.15) is 0 Å². The van der Waals surface area contributed by atoms with E-state index in [4.69, 9.17) is 0 Å². The van der Waals surface area contributed by atoms with Gasteiger partial charge in [-0.05, 0) is 12.5 Å². The second-order valence-corrected chi connectivity index (χ2v) is 5.91. The number of hydrogen-bond acceptors (Lipinski definition) is 4. The van der Waals surface area contributed by atoms with Crippen LogP contribution in [-0.2, 0) is 19.5 Å². The van der Waals surface area contributed by atoms with E-state index in [1.807, 2.05) is 13.1 Å². The first kappa shape index (κ1) is 13.9. The lowest BCUT2D eigenvalue weighted by atomic mass is 10.2. The zero-order valence-electron chi connectivity index (χ0n) is 11.7. The highest BCUT2D eigenvalue weighted by atomic mass is 32.2. The van der Waals surface area contributed by atoms with Gasteiger partial charge in [-0.15, -0.1) is 0 Å². The van der Waals surface area contributed by atoms with E-state index in [2.05, 4.69) is 19.9 Å². The zero-order valence-corrected chi connectivity index (χ0v) is 12.5. The largest absolute Gasteiger partial charge is 0.346 e. The maximum Gasteiger partial charge on any atom is 0.251 e. The van der Waals surface area contributed by atoms with Gasteiger partial charge in [0.15, 0.2) is 5.16 Å². The number of carbonyl (C=O) groups excluding carboxylic acids is 1. The summed E-state index contributed by atoms with van der Waals surface area (Å²) in [7, 11) is 0. The van der Waals surface area contributed by atoms with Crippen molar-refractivity contribution in [3.8, 4) is 0 Å². The number of nitrogens with zero attached hydrogens (tertiary/aromatic N) is 2. The lowest BCUT2D eigenvalue weighted by molar-refractivity contribution is 0.0950. The number of thioether (sulfide) groups is 1. The SMILES string of the molecule is CCc1cc(C(=O)NCc2cn3c(n2)SCC3)cc(=O)[nH]1. The summed E-state index contributed by atoms with van der Waals surface area (Å²) in [6.07, 6.45) is 2.65. The Hall–Kier alpha value is -2.02. The molecule has 2 aromatic rings. The molecule has 0 aromatic carbocycles. The van der Waals surface area contributed by atoms with Crippen LogP contribution in [-0.4, -0.2) is 26.2 Å². The Bertz CT molecular complexity index is 713. The summed E-state index contributed by atoms with van der Waals surface area (Å²) in [6, 6.07) is 3.03. The Balaban J connectivity index is 1.68.